The van der Waals surface area contributed by atoms with Crippen LogP contribution in [-0.4, -0.2) is 0 Å². The molecule has 0 atom stereocenters. The molecule has 0 fully saturated rings. The molecule has 0 amide bonds. The summed E-state index contributed by atoms with van der Waals surface area (Å²) in [5.74, 6) is 4.56. The lowest BCUT2D eigenvalue weighted by Crippen LogP contribution is -1.96. The molecule has 0 aromatic heterocycles. The molecule has 0 radical (unpaired) electrons. The molecule has 448 valence electrons. The third-order valence-corrected chi connectivity index (χ3v) is 17.1. The average molecular weight is 1120 g/mol. The van der Waals surface area contributed by atoms with E-state index in [0.717, 1.165) is 44.9 Å². The number of rotatable bonds is 11. The zero-order valence-electron chi connectivity index (χ0n) is 56.5. The second-order valence-corrected chi connectivity index (χ2v) is 26.1. The van der Waals surface area contributed by atoms with Gasteiger partial charge in [-0.2, -0.15) is 0 Å². The summed E-state index contributed by atoms with van der Waals surface area (Å²) in [6, 6.07) is 22.1. The molecule has 0 N–H and O–H groups in total. The minimum Gasteiger partial charge on any atom is -0.0990 e. The van der Waals surface area contributed by atoms with Gasteiger partial charge >= 0.3 is 0 Å². The van der Waals surface area contributed by atoms with Crippen molar-refractivity contribution < 1.29 is 0 Å². The third-order valence-electron chi connectivity index (χ3n) is 17.1. The molecule has 0 bridgehead atoms. The first-order chi connectivity index (χ1) is 39.9. The Morgan fingerprint density at radius 3 is 1.56 bits per heavy atom. The van der Waals surface area contributed by atoms with Crippen LogP contribution in [0.2, 0.25) is 0 Å². The van der Waals surface area contributed by atoms with E-state index in [1.165, 1.54) is 111 Å². The molecule has 7 aliphatic rings. The van der Waals surface area contributed by atoms with Gasteiger partial charge in [0.2, 0.25) is 0 Å². The van der Waals surface area contributed by atoms with Crippen molar-refractivity contribution in [3.05, 3.63) is 276 Å². The highest BCUT2D eigenvalue weighted by atomic mass is 14.2. The molecule has 84 heavy (non-hydrogen) atoms. The van der Waals surface area contributed by atoms with Crippen molar-refractivity contribution in [2.75, 3.05) is 0 Å². The van der Waals surface area contributed by atoms with Crippen molar-refractivity contribution in [3.8, 4) is 0 Å². The van der Waals surface area contributed by atoms with Crippen LogP contribution >= 0.6 is 0 Å². The van der Waals surface area contributed by atoms with Crippen molar-refractivity contribution in [2.45, 2.75) is 195 Å². The second-order valence-electron chi connectivity index (χ2n) is 26.1. The first-order valence-corrected chi connectivity index (χ1v) is 32.1. The molecule has 0 spiro atoms. The predicted octanol–water partition coefficient (Wildman–Crippen LogP) is 25.3. The Kier molecular flexibility index (Phi) is 29.2. The SMILES string of the molecule is C/C=C(\C1=C(C)CC=C1)C(C)C.C=C/C=C1\C(=C)CC=C1C(C)C.CC(C)C1=Cc2ccccc2C1.CC(C)c1ccc2c(c1)CC=C2.CC(C)c1cccc2c1CC=C2.CC1=C(/C=C(\C)C(C)C)C=CC1.CC1=C(/C=C(\C)C(C)C)C=CC1. The van der Waals surface area contributed by atoms with E-state index in [0.29, 0.717) is 41.4 Å². The first-order valence-electron chi connectivity index (χ1n) is 32.1. The number of allylic oxidation sites excluding steroid dienone is 27. The molecule has 0 saturated carbocycles. The van der Waals surface area contributed by atoms with Crippen LogP contribution in [0.5, 0.6) is 0 Å². The maximum atomic E-state index is 4.02. The Morgan fingerprint density at radius 2 is 1.07 bits per heavy atom. The van der Waals surface area contributed by atoms with Crippen molar-refractivity contribution in [1.82, 2.24) is 0 Å². The van der Waals surface area contributed by atoms with Gasteiger partial charge in [0.1, 0.15) is 0 Å². The Balaban J connectivity index is 0.000000210. The highest BCUT2D eigenvalue weighted by Crippen LogP contribution is 2.35. The number of hydrogen-bond donors (Lipinski definition) is 0. The molecule has 0 heterocycles. The lowest BCUT2D eigenvalue weighted by atomic mass is 9.93. The molecule has 0 aliphatic heterocycles. The van der Waals surface area contributed by atoms with E-state index in [1.807, 2.05) is 6.08 Å². The van der Waals surface area contributed by atoms with Gasteiger partial charge in [0, 0.05) is 0 Å². The topological polar surface area (TPSA) is 0 Å². The fourth-order valence-electron chi connectivity index (χ4n) is 10.9. The molecule has 10 rings (SSSR count). The fraction of sp³-hybridized carbons (Fsp3) is 0.405. The van der Waals surface area contributed by atoms with Crippen LogP contribution in [0.4, 0.5) is 0 Å². The molecule has 3 aromatic rings. The second kappa shape index (κ2) is 35.1. The highest BCUT2D eigenvalue weighted by Gasteiger charge is 2.18. The summed E-state index contributed by atoms with van der Waals surface area (Å²) in [7, 11) is 0. The van der Waals surface area contributed by atoms with E-state index in [9.17, 15) is 0 Å². The summed E-state index contributed by atoms with van der Waals surface area (Å²) in [6.07, 6.45) is 45.5. The van der Waals surface area contributed by atoms with Crippen molar-refractivity contribution >= 4 is 18.2 Å². The zero-order chi connectivity index (χ0) is 62.2. The van der Waals surface area contributed by atoms with Gasteiger partial charge in [0.25, 0.3) is 0 Å². The maximum Gasteiger partial charge on any atom is -0.00553 e. The minimum atomic E-state index is 0.593. The molecule has 7 aliphatic carbocycles. The third kappa shape index (κ3) is 21.5. The standard InChI is InChI=1S/3C12H14.3C12H18.C12H16/c1-9(2)11-7-3-5-10-6-4-8-12(10)11;1-9(2)11-7-6-10-4-3-5-12(10)8-11;1-9(2)12-7-10-5-3-4-6-11(10)8-12;2*1-9(2)11(4)8-12-7-5-6-10(12)3;1-5-11(9(2)3)12-8-6-7-10(12)4;1-5-6-12-10(4)7-8-11(12)9(2)3/h3-7,9H,8H2,1-2H3;3-4,6-9H,5H2,1-2H3;3-7,9H,8H2,1-2H3;2*5,7-9H,6H2,1-4H3;5-6,8-9H,7H2,1-4H3;5-6,8-9H,1,4,7H2,2-3H3/b;;;2*11-8+;11-5-;12-6+. The normalized spacial score (nSPS) is 16.8. The summed E-state index contributed by atoms with van der Waals surface area (Å²) in [5.41, 5.74) is 30.4. The Morgan fingerprint density at radius 1 is 0.512 bits per heavy atom. The van der Waals surface area contributed by atoms with Crippen LogP contribution in [0.3, 0.4) is 0 Å². The van der Waals surface area contributed by atoms with Crippen molar-refractivity contribution in [1.29, 1.82) is 0 Å². The number of benzene rings is 3. The molecular weight excluding hydrogens is 1010 g/mol. The summed E-state index contributed by atoms with van der Waals surface area (Å²) >= 11 is 0. The molecular formula is C84H112. The first kappa shape index (κ1) is 70.0. The molecule has 0 unspecified atom stereocenters. The molecule has 3 aromatic carbocycles. The van der Waals surface area contributed by atoms with Gasteiger partial charge in [-0.3, -0.25) is 0 Å². The lowest BCUT2D eigenvalue weighted by Gasteiger charge is -2.12. The molecule has 0 nitrogen and oxygen atoms in total. The van der Waals surface area contributed by atoms with Gasteiger partial charge in [0.05, 0.1) is 0 Å². The largest absolute Gasteiger partial charge is 0.0990 e. The van der Waals surface area contributed by atoms with Crippen LogP contribution in [0.1, 0.15) is 221 Å². The zero-order valence-corrected chi connectivity index (χ0v) is 56.5. The smallest absolute Gasteiger partial charge is 0.00553 e. The van der Waals surface area contributed by atoms with E-state index in [4.69, 9.17) is 0 Å². The van der Waals surface area contributed by atoms with Crippen LogP contribution in [0, 0.1) is 29.6 Å². The number of hydrogen-bond acceptors (Lipinski definition) is 0. The minimum absolute atomic E-state index is 0.593. The molecule has 0 saturated heterocycles. The van der Waals surface area contributed by atoms with Gasteiger partial charge in [-0.15, -0.1) is 0 Å². The Hall–Kier alpha value is -6.50. The van der Waals surface area contributed by atoms with E-state index in [2.05, 4.69) is 310 Å². The van der Waals surface area contributed by atoms with Crippen molar-refractivity contribution in [2.24, 2.45) is 29.6 Å². The van der Waals surface area contributed by atoms with E-state index in [1.54, 1.807) is 5.57 Å². The predicted molar refractivity (Wildman–Crippen MR) is 380 cm³/mol. The van der Waals surface area contributed by atoms with E-state index in [-0.39, 0.29) is 0 Å². The summed E-state index contributed by atoms with van der Waals surface area (Å²) < 4.78 is 0. The van der Waals surface area contributed by atoms with Crippen LogP contribution < -0.4 is 0 Å². The summed E-state index contributed by atoms with van der Waals surface area (Å²) in [5, 5.41) is 0. The highest BCUT2D eigenvalue weighted by molar-refractivity contribution is 5.64. The van der Waals surface area contributed by atoms with Gasteiger partial charge < -0.3 is 0 Å². The van der Waals surface area contributed by atoms with Gasteiger partial charge in [-0.05, 0) is 211 Å². The summed E-state index contributed by atoms with van der Waals surface area (Å²) in [4.78, 5) is 0. The van der Waals surface area contributed by atoms with Gasteiger partial charge in [-0.1, -0.05) is 307 Å². The van der Waals surface area contributed by atoms with Gasteiger partial charge in [0.15, 0.2) is 0 Å². The van der Waals surface area contributed by atoms with Crippen molar-refractivity contribution in [3.63, 3.8) is 0 Å². The van der Waals surface area contributed by atoms with Gasteiger partial charge in [-0.25, -0.2) is 0 Å². The average Bonchev–Trinajstić information content (AvgIpc) is 4.53. The van der Waals surface area contributed by atoms with E-state index >= 15 is 0 Å². The molecule has 0 heteroatoms. The Labute approximate surface area is 516 Å². The summed E-state index contributed by atoms with van der Waals surface area (Å²) in [6.45, 7) is 52.3. The fourth-order valence-corrected chi connectivity index (χ4v) is 10.9. The number of fused-ring (bicyclic) bond motifs is 3. The van der Waals surface area contributed by atoms with Crippen LogP contribution in [0.25, 0.3) is 18.2 Å². The lowest BCUT2D eigenvalue weighted by molar-refractivity contribution is 0.754. The monoisotopic (exact) mass is 1120 g/mol. The quantitative estimate of drug-likeness (QED) is 0.180. The Bertz CT molecular complexity index is 3110. The van der Waals surface area contributed by atoms with Crippen LogP contribution in [0.15, 0.2) is 231 Å². The van der Waals surface area contributed by atoms with Crippen LogP contribution in [-0.2, 0) is 19.3 Å². The maximum absolute atomic E-state index is 4.02. The van der Waals surface area contributed by atoms with E-state index < -0.39 is 0 Å².